The molecule has 1 aliphatic rings. The maximum atomic E-state index is 11.9. The summed E-state index contributed by atoms with van der Waals surface area (Å²) in [4.78, 5) is 0. The van der Waals surface area contributed by atoms with Crippen molar-refractivity contribution in [3.63, 3.8) is 0 Å². The number of morpholine rings is 1. The Hall–Kier alpha value is 0.310. The summed E-state index contributed by atoms with van der Waals surface area (Å²) in [5.74, 6) is 0. The van der Waals surface area contributed by atoms with Gasteiger partial charge in [-0.05, 0) is 6.42 Å². The van der Waals surface area contributed by atoms with Crippen molar-refractivity contribution in [1.82, 2.24) is 9.03 Å². The van der Waals surface area contributed by atoms with E-state index in [1.54, 1.807) is 0 Å². The topological polar surface area (TPSA) is 58.6 Å². The molecule has 1 saturated heterocycles. The molecular weight excluding hydrogens is 284 g/mol. The smallest absolute Gasteiger partial charge is 0.279 e. The molecule has 90 valence electrons. The van der Waals surface area contributed by atoms with Gasteiger partial charge in [0.05, 0.1) is 13.2 Å². The van der Waals surface area contributed by atoms with Gasteiger partial charge in [-0.2, -0.15) is 17.4 Å². The van der Waals surface area contributed by atoms with E-state index in [9.17, 15) is 8.42 Å². The second-order valence-corrected chi connectivity index (χ2v) is 5.74. The first-order valence-corrected chi connectivity index (χ1v) is 7.57. The molecule has 15 heavy (non-hydrogen) atoms. The number of halogens is 1. The second kappa shape index (κ2) is 6.15. The third-order valence-corrected chi connectivity index (χ3v) is 4.76. The van der Waals surface area contributed by atoms with Crippen LogP contribution in [0.4, 0.5) is 0 Å². The van der Waals surface area contributed by atoms with E-state index in [0.29, 0.717) is 31.6 Å². The predicted molar refractivity (Wildman–Crippen MR) is 62.3 cm³/mol. The molecule has 5 nitrogen and oxygen atoms in total. The number of hydrogen-bond donors (Lipinski definition) is 1. The molecule has 1 atom stereocenters. The lowest BCUT2D eigenvalue weighted by molar-refractivity contribution is 0.0723. The van der Waals surface area contributed by atoms with Gasteiger partial charge in [0.15, 0.2) is 0 Å². The summed E-state index contributed by atoms with van der Waals surface area (Å²) in [7, 11) is -3.33. The monoisotopic (exact) mass is 300 g/mol. The fourth-order valence-electron chi connectivity index (χ4n) is 1.30. The minimum absolute atomic E-state index is 0.0437. The van der Waals surface area contributed by atoms with Gasteiger partial charge in [0.1, 0.15) is 0 Å². The molecular formula is C8H17BrN2O3S. The lowest BCUT2D eigenvalue weighted by Crippen LogP contribution is -2.49. The van der Waals surface area contributed by atoms with Crippen LogP contribution in [-0.2, 0) is 14.9 Å². The third-order valence-electron chi connectivity index (χ3n) is 2.30. The zero-order chi connectivity index (χ0) is 11.3. The summed E-state index contributed by atoms with van der Waals surface area (Å²) in [5.41, 5.74) is 0. The van der Waals surface area contributed by atoms with Gasteiger partial charge in [0.2, 0.25) is 0 Å². The van der Waals surface area contributed by atoms with Crippen LogP contribution >= 0.6 is 15.9 Å². The predicted octanol–water partition coefficient (Wildman–Crippen LogP) is 0.327. The van der Waals surface area contributed by atoms with Crippen molar-refractivity contribution >= 4 is 26.1 Å². The van der Waals surface area contributed by atoms with Crippen LogP contribution < -0.4 is 4.72 Å². The number of hydrogen-bond acceptors (Lipinski definition) is 3. The molecule has 1 rings (SSSR count). The number of rotatable bonds is 5. The van der Waals surface area contributed by atoms with E-state index in [2.05, 4.69) is 20.7 Å². The van der Waals surface area contributed by atoms with Crippen LogP contribution in [-0.4, -0.2) is 50.4 Å². The zero-order valence-corrected chi connectivity index (χ0v) is 11.2. The van der Waals surface area contributed by atoms with Crippen LogP contribution in [0.1, 0.15) is 13.3 Å². The van der Waals surface area contributed by atoms with Crippen molar-refractivity contribution in [2.45, 2.75) is 19.4 Å². The summed E-state index contributed by atoms with van der Waals surface area (Å²) in [6.45, 7) is 3.79. The van der Waals surface area contributed by atoms with Crippen LogP contribution in [0.25, 0.3) is 0 Å². The fraction of sp³-hybridized carbons (Fsp3) is 1.00. The van der Waals surface area contributed by atoms with Crippen LogP contribution in [0.2, 0.25) is 0 Å². The Morgan fingerprint density at radius 2 is 2.07 bits per heavy atom. The third kappa shape index (κ3) is 3.99. The Labute approximate surface area is 99.5 Å². The van der Waals surface area contributed by atoms with E-state index in [-0.39, 0.29) is 6.04 Å². The van der Waals surface area contributed by atoms with Gasteiger partial charge in [-0.15, -0.1) is 0 Å². The Bertz CT molecular complexity index is 274. The minimum atomic E-state index is -3.33. The Balaban J connectivity index is 2.56. The highest BCUT2D eigenvalue weighted by Crippen LogP contribution is 2.06. The fourth-order valence-corrected chi connectivity index (χ4v) is 3.58. The quantitative estimate of drug-likeness (QED) is 0.744. The molecule has 0 amide bonds. The Morgan fingerprint density at radius 3 is 2.53 bits per heavy atom. The van der Waals surface area contributed by atoms with E-state index in [1.165, 1.54) is 4.31 Å². The van der Waals surface area contributed by atoms with Crippen molar-refractivity contribution < 1.29 is 13.2 Å². The number of nitrogens with one attached hydrogen (secondary N) is 1. The van der Waals surface area contributed by atoms with Crippen LogP contribution in [0.15, 0.2) is 0 Å². The summed E-state index contributed by atoms with van der Waals surface area (Å²) in [6, 6.07) is -0.0437. The zero-order valence-electron chi connectivity index (χ0n) is 8.78. The van der Waals surface area contributed by atoms with E-state index in [1.807, 2.05) is 6.92 Å². The molecule has 0 aromatic heterocycles. The highest BCUT2D eigenvalue weighted by molar-refractivity contribution is 9.09. The van der Waals surface area contributed by atoms with E-state index < -0.39 is 10.2 Å². The molecule has 0 saturated carbocycles. The number of nitrogens with zero attached hydrogens (tertiary/aromatic N) is 1. The SMILES string of the molecule is CCC(CBr)NS(=O)(=O)N1CCOCC1. The van der Waals surface area contributed by atoms with Crippen LogP contribution in [0.5, 0.6) is 0 Å². The van der Waals surface area contributed by atoms with E-state index in [4.69, 9.17) is 4.74 Å². The van der Waals surface area contributed by atoms with Gasteiger partial charge in [0.25, 0.3) is 10.2 Å². The minimum Gasteiger partial charge on any atom is -0.379 e. The van der Waals surface area contributed by atoms with Crippen LogP contribution in [0.3, 0.4) is 0 Å². The molecule has 0 bridgehead atoms. The van der Waals surface area contributed by atoms with Crippen molar-refractivity contribution in [3.05, 3.63) is 0 Å². The largest absolute Gasteiger partial charge is 0.379 e. The lowest BCUT2D eigenvalue weighted by Gasteiger charge is -2.27. The number of alkyl halides is 1. The first kappa shape index (κ1) is 13.4. The molecule has 7 heteroatoms. The highest BCUT2D eigenvalue weighted by atomic mass is 79.9. The van der Waals surface area contributed by atoms with E-state index >= 15 is 0 Å². The summed E-state index contributed by atoms with van der Waals surface area (Å²) >= 11 is 3.28. The van der Waals surface area contributed by atoms with Gasteiger partial charge in [0, 0.05) is 24.5 Å². The first-order chi connectivity index (χ1) is 7.10. The van der Waals surface area contributed by atoms with Gasteiger partial charge in [-0.1, -0.05) is 22.9 Å². The summed E-state index contributed by atoms with van der Waals surface area (Å²) in [5, 5.41) is 0.632. The van der Waals surface area contributed by atoms with Crippen LogP contribution in [0, 0.1) is 0 Å². The summed E-state index contributed by atoms with van der Waals surface area (Å²) < 4.78 is 32.9. The number of ether oxygens (including phenoxy) is 1. The molecule has 1 N–H and O–H groups in total. The molecule has 0 aromatic rings. The van der Waals surface area contributed by atoms with Crippen molar-refractivity contribution in [1.29, 1.82) is 0 Å². The average molecular weight is 301 g/mol. The summed E-state index contributed by atoms with van der Waals surface area (Å²) in [6.07, 6.45) is 0.773. The first-order valence-electron chi connectivity index (χ1n) is 5.01. The highest BCUT2D eigenvalue weighted by Gasteiger charge is 2.25. The lowest BCUT2D eigenvalue weighted by atomic mass is 10.3. The van der Waals surface area contributed by atoms with Gasteiger partial charge in [-0.25, -0.2) is 0 Å². The van der Waals surface area contributed by atoms with E-state index in [0.717, 1.165) is 6.42 Å². The second-order valence-electron chi connectivity index (χ2n) is 3.39. The molecule has 0 radical (unpaired) electrons. The molecule has 0 spiro atoms. The van der Waals surface area contributed by atoms with Gasteiger partial charge in [-0.3, -0.25) is 0 Å². The maximum absolute atomic E-state index is 11.9. The Kier molecular flexibility index (Phi) is 5.48. The molecule has 0 aliphatic carbocycles. The molecule has 1 heterocycles. The maximum Gasteiger partial charge on any atom is 0.279 e. The molecule has 0 aromatic carbocycles. The molecule has 1 fully saturated rings. The van der Waals surface area contributed by atoms with Crippen molar-refractivity contribution in [2.75, 3.05) is 31.6 Å². The normalized spacial score (nSPS) is 21.5. The molecule has 1 unspecified atom stereocenters. The average Bonchev–Trinajstić information content (AvgIpc) is 2.27. The standard InChI is InChI=1S/C8H17BrN2O3S/c1-2-8(7-9)10-15(12,13)11-3-5-14-6-4-11/h8,10H,2-7H2,1H3. The van der Waals surface area contributed by atoms with Gasteiger partial charge < -0.3 is 4.74 Å². The molecule has 1 aliphatic heterocycles. The van der Waals surface area contributed by atoms with Crippen molar-refractivity contribution in [2.24, 2.45) is 0 Å². The van der Waals surface area contributed by atoms with Crippen molar-refractivity contribution in [3.8, 4) is 0 Å². The van der Waals surface area contributed by atoms with Gasteiger partial charge >= 0.3 is 0 Å². The Morgan fingerprint density at radius 1 is 1.47 bits per heavy atom.